The van der Waals surface area contributed by atoms with E-state index in [9.17, 15) is 22.8 Å². The molecule has 4 nitrogen and oxygen atoms in total. The van der Waals surface area contributed by atoms with Gasteiger partial charge in [-0.05, 0) is 48.7 Å². The van der Waals surface area contributed by atoms with Crippen LogP contribution in [-0.2, 0) is 22.1 Å². The molecule has 2 aromatic carbocycles. The zero-order valence-corrected chi connectivity index (χ0v) is 15.2. The van der Waals surface area contributed by atoms with Crippen LogP contribution in [0.4, 0.5) is 13.2 Å². The summed E-state index contributed by atoms with van der Waals surface area (Å²) in [5, 5.41) is 2.46. The van der Waals surface area contributed by atoms with Crippen molar-refractivity contribution in [2.75, 3.05) is 7.11 Å². The van der Waals surface area contributed by atoms with Crippen molar-refractivity contribution < 1.29 is 27.5 Å². The summed E-state index contributed by atoms with van der Waals surface area (Å²) in [4.78, 5) is 24.4. The molecule has 27 heavy (non-hydrogen) atoms. The molecule has 2 rings (SSSR count). The molecule has 0 aliphatic carbocycles. The highest BCUT2D eigenvalue weighted by atomic mass is 19.4. The van der Waals surface area contributed by atoms with Gasteiger partial charge in [0.1, 0.15) is 6.04 Å². The van der Waals surface area contributed by atoms with Crippen LogP contribution in [0.3, 0.4) is 0 Å². The molecule has 0 fully saturated rings. The minimum Gasteiger partial charge on any atom is -0.467 e. The summed E-state index contributed by atoms with van der Waals surface area (Å²) >= 11 is 0. The van der Waals surface area contributed by atoms with Crippen molar-refractivity contribution in [1.82, 2.24) is 5.32 Å². The number of esters is 1. The zero-order valence-electron chi connectivity index (χ0n) is 15.2. The highest BCUT2D eigenvalue weighted by molar-refractivity contribution is 5.97. The number of halogens is 3. The standard InChI is InChI=1S/C20H20F3NO3/c1-12-7-8-14(9-13(12)2)10-17(19(26)27-3)24-18(25)15-5-4-6-16(11-15)20(21,22)23/h4-9,11,17H,10H2,1-3H3,(H,24,25)/t17-/m0/s1. The van der Waals surface area contributed by atoms with E-state index in [-0.39, 0.29) is 12.0 Å². The molecule has 1 N–H and O–H groups in total. The van der Waals surface area contributed by atoms with Crippen LogP contribution < -0.4 is 5.32 Å². The molecular formula is C20H20F3NO3. The monoisotopic (exact) mass is 379 g/mol. The summed E-state index contributed by atoms with van der Waals surface area (Å²) in [6.45, 7) is 3.87. The summed E-state index contributed by atoms with van der Waals surface area (Å²) in [5.41, 5.74) is 1.80. The first-order chi connectivity index (χ1) is 12.6. The van der Waals surface area contributed by atoms with Crippen LogP contribution in [0.5, 0.6) is 0 Å². The van der Waals surface area contributed by atoms with Gasteiger partial charge in [0.2, 0.25) is 0 Å². The number of carbonyl (C=O) groups is 2. The average Bonchev–Trinajstić information content (AvgIpc) is 2.62. The lowest BCUT2D eigenvalue weighted by Gasteiger charge is -2.18. The maximum absolute atomic E-state index is 12.8. The number of carbonyl (C=O) groups excluding carboxylic acids is 2. The molecule has 0 saturated carbocycles. The summed E-state index contributed by atoms with van der Waals surface area (Å²) in [5.74, 6) is -1.45. The number of ether oxygens (including phenoxy) is 1. The fourth-order valence-electron chi connectivity index (χ4n) is 2.58. The lowest BCUT2D eigenvalue weighted by molar-refractivity contribution is -0.143. The van der Waals surface area contributed by atoms with E-state index in [0.717, 1.165) is 34.9 Å². The average molecular weight is 379 g/mol. The van der Waals surface area contributed by atoms with Gasteiger partial charge in [0.25, 0.3) is 5.91 Å². The molecule has 0 aliphatic heterocycles. The zero-order chi connectivity index (χ0) is 20.2. The highest BCUT2D eigenvalue weighted by Crippen LogP contribution is 2.29. The van der Waals surface area contributed by atoms with Crippen molar-refractivity contribution in [3.8, 4) is 0 Å². The largest absolute Gasteiger partial charge is 0.467 e. The van der Waals surface area contributed by atoms with E-state index in [1.54, 1.807) is 0 Å². The Hall–Kier alpha value is -2.83. The number of nitrogens with one attached hydrogen (secondary N) is 1. The fourth-order valence-corrected chi connectivity index (χ4v) is 2.58. The molecule has 0 aromatic heterocycles. The quantitative estimate of drug-likeness (QED) is 0.804. The number of hydrogen-bond donors (Lipinski definition) is 1. The first kappa shape index (κ1) is 20.5. The van der Waals surface area contributed by atoms with Crippen LogP contribution in [0.25, 0.3) is 0 Å². The molecule has 0 unspecified atom stereocenters. The fraction of sp³-hybridized carbons (Fsp3) is 0.300. The Morgan fingerprint density at radius 3 is 2.37 bits per heavy atom. The normalized spacial score (nSPS) is 12.4. The van der Waals surface area contributed by atoms with Crippen molar-refractivity contribution >= 4 is 11.9 Å². The summed E-state index contributed by atoms with van der Waals surface area (Å²) in [6.07, 6.45) is -4.39. The Balaban J connectivity index is 2.22. The topological polar surface area (TPSA) is 55.4 Å². The van der Waals surface area contributed by atoms with Gasteiger partial charge in [-0.15, -0.1) is 0 Å². The molecule has 0 aliphatic rings. The van der Waals surface area contributed by atoms with Crippen molar-refractivity contribution in [2.45, 2.75) is 32.5 Å². The third-order valence-electron chi connectivity index (χ3n) is 4.25. The van der Waals surface area contributed by atoms with Crippen LogP contribution >= 0.6 is 0 Å². The van der Waals surface area contributed by atoms with Gasteiger partial charge >= 0.3 is 12.1 Å². The summed E-state index contributed by atoms with van der Waals surface area (Å²) in [7, 11) is 1.19. The van der Waals surface area contributed by atoms with Crippen molar-refractivity contribution in [1.29, 1.82) is 0 Å². The molecule has 144 valence electrons. The van der Waals surface area contributed by atoms with Gasteiger partial charge in [0.15, 0.2) is 0 Å². The number of hydrogen-bond acceptors (Lipinski definition) is 3. The lowest BCUT2D eigenvalue weighted by atomic mass is 10.0. The van der Waals surface area contributed by atoms with E-state index in [1.807, 2.05) is 32.0 Å². The maximum atomic E-state index is 12.8. The highest BCUT2D eigenvalue weighted by Gasteiger charge is 2.31. The number of aryl methyl sites for hydroxylation is 2. The Morgan fingerprint density at radius 2 is 1.78 bits per heavy atom. The van der Waals surface area contributed by atoms with Gasteiger partial charge in [0, 0.05) is 12.0 Å². The summed E-state index contributed by atoms with van der Waals surface area (Å²) < 4.78 is 43.2. The SMILES string of the molecule is COC(=O)[C@H](Cc1ccc(C)c(C)c1)NC(=O)c1cccc(C(F)(F)F)c1. The van der Waals surface area contributed by atoms with Crippen LogP contribution in [0, 0.1) is 13.8 Å². The Kier molecular flexibility index (Phi) is 6.25. The van der Waals surface area contributed by atoms with Crippen molar-refractivity contribution in [3.63, 3.8) is 0 Å². The minimum atomic E-state index is -4.56. The second-order valence-electron chi connectivity index (χ2n) is 6.25. The number of alkyl halides is 3. The molecule has 0 heterocycles. The van der Waals surface area contributed by atoms with E-state index in [2.05, 4.69) is 5.32 Å². The number of amides is 1. The molecule has 0 spiro atoms. The van der Waals surface area contributed by atoms with Gasteiger partial charge in [-0.3, -0.25) is 4.79 Å². The second-order valence-corrected chi connectivity index (χ2v) is 6.25. The van der Waals surface area contributed by atoms with Gasteiger partial charge in [-0.2, -0.15) is 13.2 Å². The Labute approximate surface area is 155 Å². The molecule has 0 radical (unpaired) electrons. The van der Waals surface area contributed by atoms with Crippen molar-refractivity contribution in [3.05, 3.63) is 70.3 Å². The van der Waals surface area contributed by atoms with Gasteiger partial charge in [-0.1, -0.05) is 24.3 Å². The van der Waals surface area contributed by atoms with Gasteiger partial charge in [0.05, 0.1) is 12.7 Å². The second kappa shape index (κ2) is 8.24. The van der Waals surface area contributed by atoms with Crippen LogP contribution in [0.15, 0.2) is 42.5 Å². The third kappa shape index (κ3) is 5.32. The molecule has 1 atom stereocenters. The summed E-state index contributed by atoms with van der Waals surface area (Å²) in [6, 6.07) is 8.63. The Bertz CT molecular complexity index is 847. The molecule has 1 amide bonds. The first-order valence-corrected chi connectivity index (χ1v) is 8.24. The molecule has 2 aromatic rings. The van der Waals surface area contributed by atoms with Crippen LogP contribution in [-0.4, -0.2) is 25.0 Å². The number of benzene rings is 2. The van der Waals surface area contributed by atoms with E-state index < -0.39 is 29.7 Å². The lowest BCUT2D eigenvalue weighted by Crippen LogP contribution is -2.43. The van der Waals surface area contributed by atoms with Gasteiger partial charge in [-0.25, -0.2) is 4.79 Å². The predicted molar refractivity (Wildman–Crippen MR) is 94.3 cm³/mol. The Morgan fingerprint density at radius 1 is 1.07 bits per heavy atom. The van der Waals surface area contributed by atoms with Crippen LogP contribution in [0.2, 0.25) is 0 Å². The third-order valence-corrected chi connectivity index (χ3v) is 4.25. The van der Waals surface area contributed by atoms with Crippen LogP contribution in [0.1, 0.15) is 32.6 Å². The van der Waals surface area contributed by atoms with Crippen molar-refractivity contribution in [2.24, 2.45) is 0 Å². The molecular weight excluding hydrogens is 359 g/mol. The minimum absolute atomic E-state index is 0.165. The maximum Gasteiger partial charge on any atom is 0.416 e. The molecule has 0 bridgehead atoms. The van der Waals surface area contributed by atoms with E-state index >= 15 is 0 Å². The molecule has 0 saturated heterocycles. The van der Waals surface area contributed by atoms with E-state index in [4.69, 9.17) is 4.74 Å². The van der Waals surface area contributed by atoms with Gasteiger partial charge < -0.3 is 10.1 Å². The smallest absolute Gasteiger partial charge is 0.416 e. The first-order valence-electron chi connectivity index (χ1n) is 8.24. The van der Waals surface area contributed by atoms with E-state index in [1.165, 1.54) is 13.2 Å². The number of rotatable bonds is 5. The van der Waals surface area contributed by atoms with E-state index in [0.29, 0.717) is 0 Å². The number of methoxy groups -OCH3 is 1. The molecule has 7 heteroatoms. The predicted octanol–water partition coefficient (Wildman–Crippen LogP) is 3.84.